The molecule has 6 heteroatoms. The van der Waals surface area contributed by atoms with Crippen LogP contribution in [-0.2, 0) is 10.0 Å². The molecule has 0 aliphatic carbocycles. The zero-order valence-corrected chi connectivity index (χ0v) is 11.0. The van der Waals surface area contributed by atoms with Gasteiger partial charge in [-0.3, -0.25) is 0 Å². The SMILES string of the molecule is CCCN(C(C)C)S(=O)(=O)c1cnc(C)[nH]1. The van der Waals surface area contributed by atoms with E-state index in [4.69, 9.17) is 0 Å². The van der Waals surface area contributed by atoms with Crippen LogP contribution >= 0.6 is 0 Å². The van der Waals surface area contributed by atoms with Crippen LogP contribution in [0.1, 0.15) is 33.0 Å². The highest BCUT2D eigenvalue weighted by Crippen LogP contribution is 2.16. The second-order valence-corrected chi connectivity index (χ2v) is 5.90. The van der Waals surface area contributed by atoms with Gasteiger partial charge >= 0.3 is 0 Å². The number of nitrogens with zero attached hydrogens (tertiary/aromatic N) is 2. The van der Waals surface area contributed by atoms with Gasteiger partial charge in [-0.1, -0.05) is 6.92 Å². The Kier molecular flexibility index (Phi) is 4.09. The van der Waals surface area contributed by atoms with E-state index in [0.29, 0.717) is 12.4 Å². The summed E-state index contributed by atoms with van der Waals surface area (Å²) in [5.41, 5.74) is 0. The molecular weight excluding hydrogens is 226 g/mol. The Hall–Kier alpha value is -0.880. The van der Waals surface area contributed by atoms with Crippen molar-refractivity contribution < 1.29 is 8.42 Å². The summed E-state index contributed by atoms with van der Waals surface area (Å²) in [7, 11) is -3.43. The van der Waals surface area contributed by atoms with Gasteiger partial charge in [-0.2, -0.15) is 4.31 Å². The first-order valence-corrected chi connectivity index (χ1v) is 6.87. The van der Waals surface area contributed by atoms with Gasteiger partial charge in [0.25, 0.3) is 10.0 Å². The summed E-state index contributed by atoms with van der Waals surface area (Å²) in [6, 6.07) is -0.0476. The van der Waals surface area contributed by atoms with Crippen molar-refractivity contribution in [3.8, 4) is 0 Å². The maximum atomic E-state index is 12.2. The monoisotopic (exact) mass is 245 g/mol. The number of nitrogens with one attached hydrogen (secondary N) is 1. The highest BCUT2D eigenvalue weighted by atomic mass is 32.2. The largest absolute Gasteiger partial charge is 0.332 e. The first-order valence-electron chi connectivity index (χ1n) is 5.43. The average molecular weight is 245 g/mol. The third-order valence-electron chi connectivity index (χ3n) is 2.29. The van der Waals surface area contributed by atoms with Crippen LogP contribution in [0.5, 0.6) is 0 Å². The second-order valence-electron chi connectivity index (χ2n) is 4.04. The van der Waals surface area contributed by atoms with Crippen LogP contribution in [0.15, 0.2) is 11.2 Å². The molecule has 1 N–H and O–H groups in total. The highest BCUT2D eigenvalue weighted by Gasteiger charge is 2.27. The predicted octanol–water partition coefficient (Wildman–Crippen LogP) is 1.53. The van der Waals surface area contributed by atoms with Gasteiger partial charge in [0.15, 0.2) is 5.03 Å². The van der Waals surface area contributed by atoms with E-state index in [1.165, 1.54) is 10.5 Å². The van der Waals surface area contributed by atoms with Crippen molar-refractivity contribution in [2.45, 2.75) is 45.2 Å². The predicted molar refractivity (Wildman–Crippen MR) is 62.6 cm³/mol. The van der Waals surface area contributed by atoms with E-state index in [9.17, 15) is 8.42 Å². The van der Waals surface area contributed by atoms with E-state index in [2.05, 4.69) is 9.97 Å². The number of aromatic amines is 1. The van der Waals surface area contributed by atoms with Gasteiger partial charge < -0.3 is 4.98 Å². The molecule has 1 aromatic heterocycles. The third-order valence-corrected chi connectivity index (χ3v) is 4.27. The van der Waals surface area contributed by atoms with Crippen LogP contribution in [0, 0.1) is 6.92 Å². The molecule has 0 aromatic carbocycles. The minimum Gasteiger partial charge on any atom is -0.332 e. The van der Waals surface area contributed by atoms with Gasteiger partial charge in [-0.15, -0.1) is 0 Å². The number of hydrogen-bond acceptors (Lipinski definition) is 3. The molecule has 0 fully saturated rings. The Morgan fingerprint density at radius 3 is 2.50 bits per heavy atom. The van der Waals surface area contributed by atoms with Crippen molar-refractivity contribution in [2.24, 2.45) is 0 Å². The molecule has 0 aliphatic heterocycles. The standard InChI is InChI=1S/C10H19N3O2S/c1-5-6-13(8(2)3)16(14,15)10-7-11-9(4)12-10/h7-8H,5-6H2,1-4H3,(H,11,12). The molecule has 0 bridgehead atoms. The van der Waals surface area contributed by atoms with Crippen LogP contribution in [0.4, 0.5) is 0 Å². The van der Waals surface area contributed by atoms with Crippen LogP contribution < -0.4 is 0 Å². The zero-order valence-electron chi connectivity index (χ0n) is 10.2. The number of imidazole rings is 1. The van der Waals surface area contributed by atoms with Gasteiger partial charge in [-0.05, 0) is 27.2 Å². The maximum Gasteiger partial charge on any atom is 0.260 e. The number of aryl methyl sites for hydroxylation is 1. The number of H-pyrrole nitrogens is 1. The van der Waals surface area contributed by atoms with E-state index >= 15 is 0 Å². The Bertz CT molecular complexity index is 437. The molecule has 0 saturated carbocycles. The van der Waals surface area contributed by atoms with Crippen molar-refractivity contribution in [2.75, 3.05) is 6.54 Å². The minimum absolute atomic E-state index is 0.0476. The van der Waals surface area contributed by atoms with Crippen LogP contribution in [0.25, 0.3) is 0 Å². The van der Waals surface area contributed by atoms with Gasteiger partial charge in [0.2, 0.25) is 0 Å². The molecule has 0 saturated heterocycles. The number of rotatable bonds is 5. The lowest BCUT2D eigenvalue weighted by Gasteiger charge is -2.24. The fraction of sp³-hybridized carbons (Fsp3) is 0.700. The Morgan fingerprint density at radius 1 is 1.50 bits per heavy atom. The van der Waals surface area contributed by atoms with Gasteiger partial charge in [0, 0.05) is 12.6 Å². The molecule has 0 spiro atoms. The quantitative estimate of drug-likeness (QED) is 0.855. The fourth-order valence-electron chi connectivity index (χ4n) is 1.53. The lowest BCUT2D eigenvalue weighted by Crippen LogP contribution is -2.37. The summed E-state index contributed by atoms with van der Waals surface area (Å²) in [4.78, 5) is 6.69. The summed E-state index contributed by atoms with van der Waals surface area (Å²) in [5.74, 6) is 0.610. The molecule has 16 heavy (non-hydrogen) atoms. The summed E-state index contributed by atoms with van der Waals surface area (Å²) in [5, 5.41) is 0.173. The Balaban J connectivity index is 3.08. The normalized spacial score (nSPS) is 12.6. The van der Waals surface area contributed by atoms with Gasteiger partial charge in [-0.25, -0.2) is 13.4 Å². The van der Waals surface area contributed by atoms with Crippen molar-refractivity contribution in [1.29, 1.82) is 0 Å². The van der Waals surface area contributed by atoms with Crippen molar-refractivity contribution in [3.63, 3.8) is 0 Å². The summed E-state index contributed by atoms with van der Waals surface area (Å²) in [6.07, 6.45) is 2.17. The lowest BCUT2D eigenvalue weighted by atomic mass is 10.4. The molecule has 0 aliphatic rings. The van der Waals surface area contributed by atoms with Crippen LogP contribution in [0.2, 0.25) is 0 Å². The van der Waals surface area contributed by atoms with Crippen LogP contribution in [0.3, 0.4) is 0 Å². The highest BCUT2D eigenvalue weighted by molar-refractivity contribution is 7.89. The lowest BCUT2D eigenvalue weighted by molar-refractivity contribution is 0.353. The molecule has 0 atom stereocenters. The van der Waals surface area contributed by atoms with Crippen molar-refractivity contribution in [1.82, 2.24) is 14.3 Å². The Labute approximate surface area is 96.9 Å². The molecule has 0 amide bonds. The first-order chi connectivity index (χ1) is 7.39. The molecule has 1 heterocycles. The second kappa shape index (κ2) is 4.97. The molecule has 0 radical (unpaired) electrons. The molecular formula is C10H19N3O2S. The minimum atomic E-state index is -3.43. The Morgan fingerprint density at radius 2 is 2.12 bits per heavy atom. The number of hydrogen-bond donors (Lipinski definition) is 1. The van der Waals surface area contributed by atoms with Crippen molar-refractivity contribution in [3.05, 3.63) is 12.0 Å². The summed E-state index contributed by atoms with van der Waals surface area (Å²) in [6.45, 7) is 7.96. The van der Waals surface area contributed by atoms with Crippen LogP contribution in [-0.4, -0.2) is 35.3 Å². The fourth-order valence-corrected chi connectivity index (χ4v) is 3.23. The van der Waals surface area contributed by atoms with Gasteiger partial charge in [0.1, 0.15) is 5.82 Å². The topological polar surface area (TPSA) is 66.1 Å². The summed E-state index contributed by atoms with van der Waals surface area (Å²) < 4.78 is 25.9. The molecule has 0 unspecified atom stereocenters. The number of aromatic nitrogens is 2. The molecule has 1 aromatic rings. The number of sulfonamides is 1. The third kappa shape index (κ3) is 2.62. The summed E-state index contributed by atoms with van der Waals surface area (Å²) >= 11 is 0. The van der Waals surface area contributed by atoms with Gasteiger partial charge in [0.05, 0.1) is 6.20 Å². The van der Waals surface area contributed by atoms with E-state index in [-0.39, 0.29) is 11.1 Å². The first kappa shape index (κ1) is 13.2. The molecule has 92 valence electrons. The van der Waals surface area contributed by atoms with E-state index in [0.717, 1.165) is 6.42 Å². The molecule has 1 rings (SSSR count). The van der Waals surface area contributed by atoms with Crippen molar-refractivity contribution >= 4 is 10.0 Å². The van der Waals surface area contributed by atoms with E-state index in [1.807, 2.05) is 20.8 Å². The smallest absolute Gasteiger partial charge is 0.260 e. The van der Waals surface area contributed by atoms with E-state index < -0.39 is 10.0 Å². The zero-order chi connectivity index (χ0) is 12.3. The average Bonchev–Trinajstić information content (AvgIpc) is 2.61. The van der Waals surface area contributed by atoms with E-state index in [1.54, 1.807) is 6.92 Å². The molecule has 5 nitrogen and oxygen atoms in total. The maximum absolute atomic E-state index is 12.2.